The van der Waals surface area contributed by atoms with Gasteiger partial charge in [-0.05, 0) is 29.3 Å². The van der Waals surface area contributed by atoms with Crippen LogP contribution in [-0.2, 0) is 0 Å². The molecule has 12 heavy (non-hydrogen) atoms. The summed E-state index contributed by atoms with van der Waals surface area (Å²) in [4.78, 5) is 0. The maximum atomic E-state index is 3.52. The zero-order chi connectivity index (χ0) is 8.55. The first-order chi connectivity index (χ1) is 5.77. The van der Waals surface area contributed by atoms with Gasteiger partial charge in [0.1, 0.15) is 0 Å². The topological polar surface area (TPSA) is 0 Å². The number of hydrogen-bond acceptors (Lipinski definition) is 0. The third-order valence-electron chi connectivity index (χ3n) is 1.79. The van der Waals surface area contributed by atoms with E-state index in [9.17, 15) is 0 Å². The van der Waals surface area contributed by atoms with Crippen LogP contribution in [0.15, 0.2) is 45.3 Å². The van der Waals surface area contributed by atoms with Gasteiger partial charge in [0.2, 0.25) is 0 Å². The maximum Gasteiger partial charge on any atom is 0.0254 e. The standard InChI is InChI=1S/C10H6Br2/c11-8-4-5-10(12)9-3-1-2-7(9)6-8/h1-6H. The lowest BCUT2D eigenvalue weighted by Gasteiger charge is -1.92. The number of halogens is 2. The van der Waals surface area contributed by atoms with E-state index in [1.807, 2.05) is 12.1 Å². The van der Waals surface area contributed by atoms with Crippen LogP contribution in [-0.4, -0.2) is 0 Å². The number of rotatable bonds is 0. The smallest absolute Gasteiger partial charge is 0.0254 e. The van der Waals surface area contributed by atoms with Crippen LogP contribution in [0.25, 0.3) is 11.1 Å². The molecule has 0 saturated heterocycles. The maximum absolute atomic E-state index is 3.52. The van der Waals surface area contributed by atoms with Crippen molar-refractivity contribution >= 4 is 31.9 Å². The fourth-order valence-electron chi connectivity index (χ4n) is 1.22. The highest BCUT2D eigenvalue weighted by molar-refractivity contribution is 9.11. The molecule has 0 amide bonds. The fraction of sp³-hybridized carbons (Fsp3) is 0. The summed E-state index contributed by atoms with van der Waals surface area (Å²) in [6.45, 7) is 0. The van der Waals surface area contributed by atoms with Gasteiger partial charge in [-0.2, -0.15) is 0 Å². The molecule has 0 aromatic rings. The zero-order valence-corrected chi connectivity index (χ0v) is 9.39. The first-order valence-electron chi connectivity index (χ1n) is 3.61. The molecule has 2 aliphatic rings. The van der Waals surface area contributed by atoms with Gasteiger partial charge < -0.3 is 0 Å². The van der Waals surface area contributed by atoms with Gasteiger partial charge >= 0.3 is 0 Å². The minimum atomic E-state index is 1.10. The van der Waals surface area contributed by atoms with Crippen molar-refractivity contribution in [1.29, 1.82) is 0 Å². The normalized spacial score (nSPS) is 10.5. The molecular formula is C10H6Br2. The van der Waals surface area contributed by atoms with Crippen LogP contribution in [0.3, 0.4) is 0 Å². The highest BCUT2D eigenvalue weighted by Gasteiger charge is 2.03. The van der Waals surface area contributed by atoms with E-state index in [0.717, 1.165) is 8.95 Å². The molecule has 60 valence electrons. The molecule has 0 atom stereocenters. The Hall–Kier alpha value is -0.340. The Morgan fingerprint density at radius 1 is 0.917 bits per heavy atom. The Bertz CT molecular complexity index is 382. The molecule has 0 aliphatic heterocycles. The quantitative estimate of drug-likeness (QED) is 0.676. The summed E-state index contributed by atoms with van der Waals surface area (Å²) in [5.41, 5.74) is 2.50. The summed E-state index contributed by atoms with van der Waals surface area (Å²) in [5.74, 6) is 0. The van der Waals surface area contributed by atoms with E-state index in [4.69, 9.17) is 0 Å². The molecule has 2 aliphatic carbocycles. The van der Waals surface area contributed by atoms with Gasteiger partial charge in [0.25, 0.3) is 0 Å². The zero-order valence-electron chi connectivity index (χ0n) is 6.22. The summed E-state index contributed by atoms with van der Waals surface area (Å²) >= 11 is 6.98. The fourth-order valence-corrected chi connectivity index (χ4v) is 2.09. The van der Waals surface area contributed by atoms with E-state index in [-0.39, 0.29) is 0 Å². The summed E-state index contributed by atoms with van der Waals surface area (Å²) < 4.78 is 2.23. The summed E-state index contributed by atoms with van der Waals surface area (Å²) in [6.07, 6.45) is 0. The molecule has 0 unspecified atom stereocenters. The third kappa shape index (κ3) is 1.41. The van der Waals surface area contributed by atoms with E-state index in [2.05, 4.69) is 56.1 Å². The van der Waals surface area contributed by atoms with Crippen LogP contribution in [0, 0.1) is 0 Å². The molecule has 0 N–H and O–H groups in total. The SMILES string of the molecule is Brc1ccc(Br)c2cccc-2c1. The monoisotopic (exact) mass is 284 g/mol. The van der Waals surface area contributed by atoms with Crippen molar-refractivity contribution in [3.8, 4) is 11.1 Å². The third-order valence-corrected chi connectivity index (χ3v) is 2.97. The van der Waals surface area contributed by atoms with Crippen molar-refractivity contribution in [3.05, 3.63) is 45.3 Å². The van der Waals surface area contributed by atoms with Crippen molar-refractivity contribution < 1.29 is 0 Å². The number of fused-ring (bicyclic) bond motifs is 1. The van der Waals surface area contributed by atoms with Gasteiger partial charge in [0.15, 0.2) is 0 Å². The van der Waals surface area contributed by atoms with Crippen LogP contribution >= 0.6 is 31.9 Å². The van der Waals surface area contributed by atoms with Gasteiger partial charge in [0.05, 0.1) is 0 Å². The van der Waals surface area contributed by atoms with Crippen LogP contribution in [0.5, 0.6) is 0 Å². The molecule has 0 bridgehead atoms. The Kier molecular flexibility index (Phi) is 2.20. The predicted molar refractivity (Wildman–Crippen MR) is 58.5 cm³/mol. The van der Waals surface area contributed by atoms with E-state index < -0.39 is 0 Å². The van der Waals surface area contributed by atoms with Crippen molar-refractivity contribution in [3.63, 3.8) is 0 Å². The average molecular weight is 286 g/mol. The van der Waals surface area contributed by atoms with Crippen LogP contribution < -0.4 is 0 Å². The molecule has 0 fully saturated rings. The summed E-state index contributed by atoms with van der Waals surface area (Å²) in [7, 11) is 0. The highest BCUT2D eigenvalue weighted by atomic mass is 79.9. The molecule has 0 saturated carbocycles. The van der Waals surface area contributed by atoms with E-state index in [0.29, 0.717) is 0 Å². The van der Waals surface area contributed by atoms with Crippen LogP contribution in [0.4, 0.5) is 0 Å². The molecule has 0 heterocycles. The summed E-state index contributed by atoms with van der Waals surface area (Å²) in [6, 6.07) is 12.5. The first-order valence-corrected chi connectivity index (χ1v) is 5.20. The molecule has 2 heteroatoms. The molecule has 0 aromatic heterocycles. The molecule has 0 aromatic carbocycles. The Balaban J connectivity index is 2.78. The Labute approximate surface area is 88.2 Å². The van der Waals surface area contributed by atoms with Gasteiger partial charge in [-0.15, -0.1) is 0 Å². The highest BCUT2D eigenvalue weighted by Crippen LogP contribution is 2.31. The minimum Gasteiger partial charge on any atom is -0.0610 e. The van der Waals surface area contributed by atoms with Crippen LogP contribution in [0.1, 0.15) is 0 Å². The van der Waals surface area contributed by atoms with E-state index in [1.165, 1.54) is 11.1 Å². The summed E-state index contributed by atoms with van der Waals surface area (Å²) in [5, 5.41) is 0. The predicted octanol–water partition coefficient (Wildman–Crippen LogP) is 4.32. The molecule has 0 spiro atoms. The lowest BCUT2D eigenvalue weighted by Crippen LogP contribution is -1.65. The first kappa shape index (κ1) is 8.27. The number of hydrogen-bond donors (Lipinski definition) is 0. The lowest BCUT2D eigenvalue weighted by molar-refractivity contribution is 1.75. The van der Waals surface area contributed by atoms with Gasteiger partial charge in [-0.3, -0.25) is 0 Å². The second-order valence-electron chi connectivity index (χ2n) is 2.61. The Morgan fingerprint density at radius 2 is 1.75 bits per heavy atom. The van der Waals surface area contributed by atoms with E-state index in [1.54, 1.807) is 0 Å². The molecule has 2 rings (SSSR count). The van der Waals surface area contributed by atoms with Crippen molar-refractivity contribution in [2.75, 3.05) is 0 Å². The molecular weight excluding hydrogens is 280 g/mol. The van der Waals surface area contributed by atoms with Crippen molar-refractivity contribution in [1.82, 2.24) is 0 Å². The van der Waals surface area contributed by atoms with Gasteiger partial charge in [-0.1, -0.05) is 50.1 Å². The minimum absolute atomic E-state index is 1.10. The molecule has 0 radical (unpaired) electrons. The second kappa shape index (κ2) is 3.19. The van der Waals surface area contributed by atoms with Crippen molar-refractivity contribution in [2.24, 2.45) is 0 Å². The molecule has 0 nitrogen and oxygen atoms in total. The Morgan fingerprint density at radius 3 is 2.58 bits per heavy atom. The average Bonchev–Trinajstić information content (AvgIpc) is 2.44. The van der Waals surface area contributed by atoms with Crippen LogP contribution in [0.2, 0.25) is 0 Å². The van der Waals surface area contributed by atoms with E-state index >= 15 is 0 Å². The van der Waals surface area contributed by atoms with Gasteiger partial charge in [-0.25, -0.2) is 0 Å². The van der Waals surface area contributed by atoms with Crippen molar-refractivity contribution in [2.45, 2.75) is 0 Å². The lowest BCUT2D eigenvalue weighted by atomic mass is 10.2. The van der Waals surface area contributed by atoms with Gasteiger partial charge in [0, 0.05) is 8.95 Å². The largest absolute Gasteiger partial charge is 0.0610 e. The second-order valence-corrected chi connectivity index (χ2v) is 4.38.